The van der Waals surface area contributed by atoms with Gasteiger partial charge in [0.15, 0.2) is 0 Å². The number of hydrogen-bond acceptors (Lipinski definition) is 3. The molecule has 0 heterocycles. The van der Waals surface area contributed by atoms with E-state index in [1.54, 1.807) is 0 Å². The highest BCUT2D eigenvalue weighted by molar-refractivity contribution is 5.79. The minimum absolute atomic E-state index is 0.761. The molecule has 33 heavy (non-hydrogen) atoms. The Kier molecular flexibility index (Phi) is 6.72. The maximum Gasteiger partial charge on any atom is 0.0314 e. The van der Waals surface area contributed by atoms with E-state index in [9.17, 15) is 0 Å². The molecule has 0 atom stereocenters. The second kappa shape index (κ2) is 10.2. The number of hydrogen-bond donors (Lipinski definition) is 3. The number of rotatable bonds is 6. The lowest BCUT2D eigenvalue weighted by Crippen LogP contribution is -1.84. The van der Waals surface area contributed by atoms with Crippen LogP contribution in [0.2, 0.25) is 0 Å². The minimum Gasteiger partial charge on any atom is -0.399 e. The van der Waals surface area contributed by atoms with Crippen molar-refractivity contribution in [3.63, 3.8) is 0 Å². The van der Waals surface area contributed by atoms with Crippen LogP contribution >= 0.6 is 0 Å². The Labute approximate surface area is 195 Å². The number of nitrogen functional groups attached to an aromatic ring is 3. The van der Waals surface area contributed by atoms with Gasteiger partial charge in [0.05, 0.1) is 0 Å². The van der Waals surface area contributed by atoms with Gasteiger partial charge in [-0.15, -0.1) is 0 Å². The summed E-state index contributed by atoms with van der Waals surface area (Å²) in [5.41, 5.74) is 26.3. The largest absolute Gasteiger partial charge is 0.399 e. The van der Waals surface area contributed by atoms with Crippen LogP contribution in [-0.4, -0.2) is 0 Å². The molecule has 0 unspecified atom stereocenters. The number of anilines is 3. The van der Waals surface area contributed by atoms with Crippen LogP contribution in [0.15, 0.2) is 91.0 Å². The standard InChI is InChI=1S/C30H27N3/c31-28-13-7-22(8-14-28)1-4-25-19-26(5-2-23-9-15-29(32)16-10-23)21-27(20-25)6-3-24-11-17-30(33)18-12-24/h1-21H,31-33H2/b4-1+,5-2+,6-3+. The van der Waals surface area contributed by atoms with Crippen LogP contribution in [0.5, 0.6) is 0 Å². The maximum absolute atomic E-state index is 5.80. The van der Waals surface area contributed by atoms with Gasteiger partial charge in [-0.2, -0.15) is 0 Å². The lowest BCUT2D eigenvalue weighted by atomic mass is 10.0. The average Bonchev–Trinajstić information content (AvgIpc) is 2.83. The molecule has 0 amide bonds. The van der Waals surface area contributed by atoms with Crippen LogP contribution in [0, 0.1) is 0 Å². The highest BCUT2D eigenvalue weighted by Gasteiger charge is 1.98. The van der Waals surface area contributed by atoms with E-state index in [-0.39, 0.29) is 0 Å². The molecule has 0 spiro atoms. The summed E-state index contributed by atoms with van der Waals surface area (Å²) in [6.45, 7) is 0. The van der Waals surface area contributed by atoms with Crippen molar-refractivity contribution >= 4 is 53.5 Å². The van der Waals surface area contributed by atoms with Crippen molar-refractivity contribution < 1.29 is 0 Å². The maximum atomic E-state index is 5.80. The van der Waals surface area contributed by atoms with Crippen molar-refractivity contribution in [3.8, 4) is 0 Å². The van der Waals surface area contributed by atoms with Crippen LogP contribution in [0.1, 0.15) is 33.4 Å². The second-order valence-electron chi connectivity index (χ2n) is 7.93. The Morgan fingerprint density at radius 3 is 0.758 bits per heavy atom. The Morgan fingerprint density at radius 1 is 0.303 bits per heavy atom. The zero-order valence-electron chi connectivity index (χ0n) is 18.4. The SMILES string of the molecule is Nc1ccc(/C=C/c2cc(/C=C/c3ccc(N)cc3)cc(/C=C/c3ccc(N)cc3)c2)cc1. The van der Waals surface area contributed by atoms with Gasteiger partial charge in [0.25, 0.3) is 0 Å². The van der Waals surface area contributed by atoms with Gasteiger partial charge in [-0.05, 0) is 88.0 Å². The van der Waals surface area contributed by atoms with E-state index in [1.807, 2.05) is 72.8 Å². The van der Waals surface area contributed by atoms with Crippen molar-refractivity contribution in [1.29, 1.82) is 0 Å². The fourth-order valence-corrected chi connectivity index (χ4v) is 3.39. The summed E-state index contributed by atoms with van der Waals surface area (Å²) < 4.78 is 0. The fraction of sp³-hybridized carbons (Fsp3) is 0. The lowest BCUT2D eigenvalue weighted by Gasteiger charge is -2.03. The van der Waals surface area contributed by atoms with Gasteiger partial charge < -0.3 is 17.2 Å². The predicted molar refractivity (Wildman–Crippen MR) is 146 cm³/mol. The molecule has 0 saturated heterocycles. The first kappa shape index (κ1) is 21.7. The molecule has 6 N–H and O–H groups in total. The van der Waals surface area contributed by atoms with E-state index in [1.165, 1.54) is 0 Å². The molecule has 162 valence electrons. The smallest absolute Gasteiger partial charge is 0.0314 e. The first-order valence-corrected chi connectivity index (χ1v) is 10.8. The third kappa shape index (κ3) is 6.49. The van der Waals surface area contributed by atoms with Gasteiger partial charge in [-0.3, -0.25) is 0 Å². The van der Waals surface area contributed by atoms with Gasteiger partial charge in [-0.1, -0.05) is 72.9 Å². The number of benzene rings is 4. The van der Waals surface area contributed by atoms with Crippen LogP contribution < -0.4 is 17.2 Å². The highest BCUT2D eigenvalue weighted by Crippen LogP contribution is 2.19. The van der Waals surface area contributed by atoms with Gasteiger partial charge in [0.2, 0.25) is 0 Å². The molecule has 0 bridgehead atoms. The molecular weight excluding hydrogens is 402 g/mol. The lowest BCUT2D eigenvalue weighted by molar-refractivity contribution is 1.58. The third-order valence-corrected chi connectivity index (χ3v) is 5.21. The molecule has 0 saturated carbocycles. The van der Waals surface area contributed by atoms with E-state index >= 15 is 0 Å². The molecule has 0 aliphatic rings. The second-order valence-corrected chi connectivity index (χ2v) is 7.93. The summed E-state index contributed by atoms with van der Waals surface area (Å²) in [5.74, 6) is 0. The molecule has 0 aliphatic carbocycles. The molecule has 4 aromatic carbocycles. The van der Waals surface area contributed by atoms with Crippen molar-refractivity contribution in [2.75, 3.05) is 17.2 Å². The highest BCUT2D eigenvalue weighted by atomic mass is 14.5. The molecule has 3 nitrogen and oxygen atoms in total. The predicted octanol–water partition coefficient (Wildman–Crippen LogP) is 6.94. The normalized spacial score (nSPS) is 11.6. The van der Waals surface area contributed by atoms with E-state index in [4.69, 9.17) is 17.2 Å². The van der Waals surface area contributed by atoms with Crippen LogP contribution in [0.4, 0.5) is 17.1 Å². The summed E-state index contributed by atoms with van der Waals surface area (Å²) in [7, 11) is 0. The molecule has 0 radical (unpaired) electrons. The van der Waals surface area contributed by atoms with Crippen molar-refractivity contribution in [1.82, 2.24) is 0 Å². The van der Waals surface area contributed by atoms with Crippen LogP contribution in [0.25, 0.3) is 36.5 Å². The Morgan fingerprint density at radius 2 is 0.515 bits per heavy atom. The Bertz CT molecular complexity index is 1120. The molecule has 0 fully saturated rings. The first-order chi connectivity index (χ1) is 16.0. The van der Waals surface area contributed by atoms with Crippen LogP contribution in [0.3, 0.4) is 0 Å². The number of nitrogens with two attached hydrogens (primary N) is 3. The summed E-state index contributed by atoms with van der Waals surface area (Å²) in [6, 6.07) is 30.0. The minimum atomic E-state index is 0.761. The summed E-state index contributed by atoms with van der Waals surface area (Å²) in [4.78, 5) is 0. The van der Waals surface area contributed by atoms with E-state index < -0.39 is 0 Å². The van der Waals surface area contributed by atoms with Crippen molar-refractivity contribution in [3.05, 3.63) is 124 Å². The molecular formula is C30H27N3. The van der Waals surface area contributed by atoms with Gasteiger partial charge in [0, 0.05) is 17.1 Å². The van der Waals surface area contributed by atoms with Crippen molar-refractivity contribution in [2.45, 2.75) is 0 Å². The van der Waals surface area contributed by atoms with E-state index in [0.29, 0.717) is 0 Å². The zero-order valence-corrected chi connectivity index (χ0v) is 18.4. The Balaban J connectivity index is 1.64. The monoisotopic (exact) mass is 429 g/mol. The first-order valence-electron chi connectivity index (χ1n) is 10.8. The topological polar surface area (TPSA) is 78.1 Å². The average molecular weight is 430 g/mol. The van der Waals surface area contributed by atoms with Gasteiger partial charge in [-0.25, -0.2) is 0 Å². The molecule has 4 aromatic rings. The molecule has 0 aliphatic heterocycles. The quantitative estimate of drug-likeness (QED) is 0.229. The molecule has 3 heteroatoms. The Hall–Kier alpha value is -4.50. The van der Waals surface area contributed by atoms with Crippen molar-refractivity contribution in [2.24, 2.45) is 0 Å². The zero-order chi connectivity index (χ0) is 23.0. The molecule has 4 rings (SSSR count). The van der Waals surface area contributed by atoms with E-state index in [0.717, 1.165) is 50.4 Å². The van der Waals surface area contributed by atoms with E-state index in [2.05, 4.69) is 54.7 Å². The third-order valence-electron chi connectivity index (χ3n) is 5.21. The van der Waals surface area contributed by atoms with Gasteiger partial charge >= 0.3 is 0 Å². The van der Waals surface area contributed by atoms with Gasteiger partial charge in [0.1, 0.15) is 0 Å². The summed E-state index contributed by atoms with van der Waals surface area (Å²) in [5, 5.41) is 0. The van der Waals surface area contributed by atoms with Crippen LogP contribution in [-0.2, 0) is 0 Å². The fourth-order valence-electron chi connectivity index (χ4n) is 3.39. The summed E-state index contributed by atoms with van der Waals surface area (Å²) >= 11 is 0. The molecule has 0 aromatic heterocycles. The summed E-state index contributed by atoms with van der Waals surface area (Å²) in [6.07, 6.45) is 12.6.